The topological polar surface area (TPSA) is 41.5 Å². The highest BCUT2D eigenvalue weighted by atomic mass is 16.5. The lowest BCUT2D eigenvalue weighted by Crippen LogP contribution is -2.47. The number of ether oxygens (including phenoxy) is 2. The molecule has 0 spiro atoms. The van der Waals surface area contributed by atoms with Gasteiger partial charge in [-0.25, -0.2) is 0 Å². The fraction of sp³-hybridized carbons (Fsp3) is 0.600. The van der Waals surface area contributed by atoms with E-state index in [2.05, 4.69) is 0 Å². The van der Waals surface area contributed by atoms with Crippen LogP contribution in [0.15, 0.2) is 12.1 Å². The van der Waals surface area contributed by atoms with Crippen LogP contribution in [0.1, 0.15) is 30.0 Å². The van der Waals surface area contributed by atoms with Crippen molar-refractivity contribution in [2.75, 3.05) is 27.8 Å². The van der Waals surface area contributed by atoms with Gasteiger partial charge in [0.05, 0.1) is 27.8 Å². The van der Waals surface area contributed by atoms with E-state index >= 15 is 0 Å². The summed E-state index contributed by atoms with van der Waals surface area (Å²) in [5.41, 5.74) is 2.42. The smallest absolute Gasteiger partial charge is 0.161 e. The van der Waals surface area contributed by atoms with Crippen LogP contribution in [-0.2, 0) is 6.42 Å². The summed E-state index contributed by atoms with van der Waals surface area (Å²) in [4.78, 5) is 0. The molecule has 1 fully saturated rings. The monoisotopic (exact) mass is 263 g/mol. The second kappa shape index (κ2) is 4.39. The van der Waals surface area contributed by atoms with Crippen LogP contribution in [0, 0.1) is 11.1 Å². The van der Waals surface area contributed by atoms with Crippen molar-refractivity contribution in [3.05, 3.63) is 28.5 Å². The first kappa shape index (κ1) is 12.8. The number of methoxy groups -OCH3 is 2. The van der Waals surface area contributed by atoms with Gasteiger partial charge in [0, 0.05) is 17.9 Å². The van der Waals surface area contributed by atoms with Crippen molar-refractivity contribution >= 4 is 0 Å². The number of hydrogen-bond donors (Lipinski definition) is 0. The number of fused-ring (bicyclic) bond motifs is 1. The van der Waals surface area contributed by atoms with Gasteiger partial charge >= 0.3 is 0 Å². The van der Waals surface area contributed by atoms with E-state index in [1.165, 1.54) is 24.0 Å². The Bertz CT molecular complexity index is 494. The number of quaternary nitrogens is 1. The minimum Gasteiger partial charge on any atom is -0.633 e. The third kappa shape index (κ3) is 2.09. The normalized spacial score (nSPS) is 29.8. The molecule has 2 atom stereocenters. The Hall–Kier alpha value is -1.26. The fourth-order valence-corrected chi connectivity index (χ4v) is 3.32. The quantitative estimate of drug-likeness (QED) is 0.622. The van der Waals surface area contributed by atoms with E-state index < -0.39 is 0 Å². The van der Waals surface area contributed by atoms with E-state index in [4.69, 9.17) is 9.47 Å². The third-order valence-corrected chi connectivity index (χ3v) is 4.45. The molecule has 0 N–H and O–H groups in total. The molecule has 1 saturated carbocycles. The van der Waals surface area contributed by atoms with Crippen LogP contribution in [0.5, 0.6) is 11.5 Å². The number of nitrogens with zero attached hydrogens (tertiary/aromatic N) is 1. The van der Waals surface area contributed by atoms with Crippen molar-refractivity contribution in [2.45, 2.75) is 25.3 Å². The number of hydroxylamine groups is 3. The second-order valence-corrected chi connectivity index (χ2v) is 5.84. The average Bonchev–Trinajstić information content (AvgIpc) is 3.20. The number of likely N-dealkylation sites (N-methyl/N-ethyl adjacent to an activating group) is 1. The highest BCUT2D eigenvalue weighted by Gasteiger charge is 2.44. The summed E-state index contributed by atoms with van der Waals surface area (Å²) in [5, 5.41) is 12.7. The highest BCUT2D eigenvalue weighted by Crippen LogP contribution is 2.51. The number of hydrogen-bond acceptors (Lipinski definition) is 3. The van der Waals surface area contributed by atoms with Gasteiger partial charge in [-0.05, 0) is 30.5 Å². The first-order valence-electron chi connectivity index (χ1n) is 6.88. The van der Waals surface area contributed by atoms with Crippen molar-refractivity contribution in [3.63, 3.8) is 0 Å². The molecule has 2 aliphatic rings. The lowest BCUT2D eigenvalue weighted by atomic mass is 9.89. The van der Waals surface area contributed by atoms with Crippen molar-refractivity contribution in [2.24, 2.45) is 5.92 Å². The SMILES string of the molecule is COc1cc2c(cc1OC)C(C1CC1)[N+](C)([O-])CC2. The largest absolute Gasteiger partial charge is 0.633 e. The molecule has 1 aromatic rings. The van der Waals surface area contributed by atoms with E-state index in [0.717, 1.165) is 17.9 Å². The van der Waals surface area contributed by atoms with Gasteiger partial charge in [0.1, 0.15) is 6.04 Å². The Morgan fingerprint density at radius 3 is 2.37 bits per heavy atom. The maximum absolute atomic E-state index is 12.7. The Kier molecular flexibility index (Phi) is 2.95. The standard InChI is InChI=1S/C15H21NO3/c1-16(17)7-6-11-8-13(18-2)14(19-3)9-12(11)15(16)10-4-5-10/h8-10,15H,4-7H2,1-3H3. The molecule has 3 rings (SSSR count). The second-order valence-electron chi connectivity index (χ2n) is 5.84. The zero-order valence-corrected chi connectivity index (χ0v) is 11.8. The van der Waals surface area contributed by atoms with Crippen LogP contribution in [0.2, 0.25) is 0 Å². The molecule has 4 heteroatoms. The Morgan fingerprint density at radius 2 is 1.79 bits per heavy atom. The lowest BCUT2D eigenvalue weighted by molar-refractivity contribution is -0.897. The first-order valence-corrected chi connectivity index (χ1v) is 6.88. The van der Waals surface area contributed by atoms with Crippen LogP contribution in [0.25, 0.3) is 0 Å². The molecule has 0 bridgehead atoms. The van der Waals surface area contributed by atoms with Gasteiger partial charge in [-0.1, -0.05) is 0 Å². The average molecular weight is 263 g/mol. The van der Waals surface area contributed by atoms with Crippen molar-refractivity contribution in [1.29, 1.82) is 0 Å². The van der Waals surface area contributed by atoms with Crippen LogP contribution in [-0.4, -0.2) is 32.5 Å². The summed E-state index contributed by atoms with van der Waals surface area (Å²) >= 11 is 0. The molecule has 1 aromatic carbocycles. The summed E-state index contributed by atoms with van der Waals surface area (Å²) in [6, 6.07) is 4.14. The number of benzene rings is 1. The van der Waals surface area contributed by atoms with Gasteiger partial charge in [0.15, 0.2) is 11.5 Å². The zero-order valence-electron chi connectivity index (χ0n) is 11.8. The van der Waals surface area contributed by atoms with E-state index in [-0.39, 0.29) is 10.7 Å². The first-order chi connectivity index (χ1) is 9.06. The van der Waals surface area contributed by atoms with Gasteiger partial charge in [-0.15, -0.1) is 0 Å². The van der Waals surface area contributed by atoms with Gasteiger partial charge in [0.25, 0.3) is 0 Å². The lowest BCUT2D eigenvalue weighted by Gasteiger charge is -2.49. The molecule has 104 valence electrons. The van der Waals surface area contributed by atoms with E-state index in [9.17, 15) is 5.21 Å². The molecule has 19 heavy (non-hydrogen) atoms. The molecule has 0 radical (unpaired) electrons. The summed E-state index contributed by atoms with van der Waals surface area (Å²) in [7, 11) is 5.10. The molecule has 4 nitrogen and oxygen atoms in total. The Labute approximate surface area is 114 Å². The van der Waals surface area contributed by atoms with E-state index in [1.54, 1.807) is 14.2 Å². The third-order valence-electron chi connectivity index (χ3n) is 4.45. The molecule has 1 aliphatic carbocycles. The predicted octanol–water partition coefficient (Wildman–Crippen LogP) is 2.66. The summed E-state index contributed by atoms with van der Waals surface area (Å²) in [6.07, 6.45) is 3.17. The predicted molar refractivity (Wildman–Crippen MR) is 73.1 cm³/mol. The van der Waals surface area contributed by atoms with Gasteiger partial charge in [0.2, 0.25) is 0 Å². The molecule has 1 heterocycles. The van der Waals surface area contributed by atoms with Gasteiger partial charge in [-0.3, -0.25) is 0 Å². The Balaban J connectivity index is 2.09. The molecule has 0 saturated heterocycles. The van der Waals surface area contributed by atoms with E-state index in [0.29, 0.717) is 12.5 Å². The van der Waals surface area contributed by atoms with Crippen LogP contribution < -0.4 is 9.47 Å². The molecular formula is C15H21NO3. The molecular weight excluding hydrogens is 242 g/mol. The minimum absolute atomic E-state index is 0.0727. The minimum atomic E-state index is -0.146. The fourth-order valence-electron chi connectivity index (χ4n) is 3.32. The molecule has 0 aromatic heterocycles. The van der Waals surface area contributed by atoms with Gasteiger partial charge < -0.3 is 19.3 Å². The zero-order chi connectivity index (χ0) is 13.6. The van der Waals surface area contributed by atoms with Crippen LogP contribution in [0.3, 0.4) is 0 Å². The van der Waals surface area contributed by atoms with E-state index in [1.807, 2.05) is 19.2 Å². The van der Waals surface area contributed by atoms with Crippen molar-refractivity contribution < 1.29 is 14.1 Å². The summed E-state index contributed by atoms with van der Waals surface area (Å²) in [6.45, 7) is 0.656. The Morgan fingerprint density at radius 1 is 1.16 bits per heavy atom. The number of rotatable bonds is 3. The van der Waals surface area contributed by atoms with Gasteiger partial charge in [-0.2, -0.15) is 0 Å². The maximum Gasteiger partial charge on any atom is 0.161 e. The van der Waals surface area contributed by atoms with Crippen LogP contribution in [0.4, 0.5) is 0 Å². The maximum atomic E-state index is 12.7. The molecule has 2 unspecified atom stereocenters. The van der Waals surface area contributed by atoms with Crippen molar-refractivity contribution in [3.8, 4) is 11.5 Å². The summed E-state index contributed by atoms with van der Waals surface area (Å²) in [5.74, 6) is 2.03. The highest BCUT2D eigenvalue weighted by molar-refractivity contribution is 5.49. The van der Waals surface area contributed by atoms with Crippen LogP contribution >= 0.6 is 0 Å². The summed E-state index contributed by atoms with van der Waals surface area (Å²) < 4.78 is 10.6. The molecule has 1 aliphatic heterocycles. The molecule has 0 amide bonds. The van der Waals surface area contributed by atoms with Crippen molar-refractivity contribution in [1.82, 2.24) is 0 Å².